The van der Waals surface area contributed by atoms with Crippen molar-refractivity contribution in [3.63, 3.8) is 0 Å². The van der Waals surface area contributed by atoms with Gasteiger partial charge in [0.15, 0.2) is 0 Å². The number of likely N-dealkylation sites (tertiary alicyclic amines) is 1. The number of piperazine rings is 1. The molecule has 35 heavy (non-hydrogen) atoms. The van der Waals surface area contributed by atoms with Crippen LogP contribution < -0.4 is 5.32 Å². The fourth-order valence-electron chi connectivity index (χ4n) is 4.44. The van der Waals surface area contributed by atoms with Gasteiger partial charge in [-0.25, -0.2) is 9.59 Å². The molecule has 1 N–H and O–H groups in total. The minimum absolute atomic E-state index is 0.151. The van der Waals surface area contributed by atoms with E-state index in [0.717, 1.165) is 50.3 Å². The Labute approximate surface area is 207 Å². The van der Waals surface area contributed by atoms with Gasteiger partial charge in [-0.15, -0.1) is 0 Å². The number of amides is 1. The summed E-state index contributed by atoms with van der Waals surface area (Å²) in [4.78, 5) is 29.7. The second-order valence-corrected chi connectivity index (χ2v) is 8.98. The Kier molecular flexibility index (Phi) is 9.51. The summed E-state index contributed by atoms with van der Waals surface area (Å²) >= 11 is 0. The number of carbonyl (C=O) groups excluding carboxylic acids is 2. The van der Waals surface area contributed by atoms with Gasteiger partial charge < -0.3 is 24.4 Å². The number of esters is 1. The molecule has 0 aliphatic carbocycles. The Morgan fingerprint density at radius 2 is 1.51 bits per heavy atom. The van der Waals surface area contributed by atoms with Crippen LogP contribution in [0.2, 0.25) is 0 Å². The lowest BCUT2D eigenvalue weighted by molar-refractivity contribution is -0.150. The molecular weight excluding hydrogens is 446 g/mol. The van der Waals surface area contributed by atoms with Crippen LogP contribution in [-0.4, -0.2) is 79.9 Å². The average molecular weight is 482 g/mol. The van der Waals surface area contributed by atoms with Crippen LogP contribution in [0.4, 0.5) is 4.79 Å². The van der Waals surface area contributed by atoms with Crippen molar-refractivity contribution >= 4 is 12.1 Å². The van der Waals surface area contributed by atoms with Gasteiger partial charge in [0.1, 0.15) is 19.3 Å². The van der Waals surface area contributed by atoms with Crippen LogP contribution in [0, 0.1) is 0 Å². The normalized spacial score (nSPS) is 20.5. The number of nitrogens with one attached hydrogen (secondary N) is 1. The van der Waals surface area contributed by atoms with Crippen molar-refractivity contribution in [1.29, 1.82) is 0 Å². The van der Waals surface area contributed by atoms with Crippen LogP contribution in [0.5, 0.6) is 0 Å². The topological polar surface area (TPSA) is 80.3 Å². The molecule has 8 heteroatoms. The van der Waals surface area contributed by atoms with Crippen LogP contribution in [-0.2, 0) is 32.2 Å². The van der Waals surface area contributed by atoms with E-state index in [1.807, 2.05) is 60.7 Å². The van der Waals surface area contributed by atoms with Crippen molar-refractivity contribution in [3.8, 4) is 0 Å². The van der Waals surface area contributed by atoms with E-state index < -0.39 is 18.1 Å². The SMILES string of the molecule is O=C(OCc1ccccc1)[C@@H]1C[C@H](OCCCN2CCNCC2)CN1C(=O)OCc1ccccc1. The first-order valence-corrected chi connectivity index (χ1v) is 12.4. The molecule has 0 saturated carbocycles. The molecule has 2 aromatic rings. The quantitative estimate of drug-likeness (QED) is 0.413. The van der Waals surface area contributed by atoms with E-state index in [1.165, 1.54) is 4.90 Å². The van der Waals surface area contributed by atoms with E-state index in [0.29, 0.717) is 19.6 Å². The number of ether oxygens (including phenoxy) is 3. The van der Waals surface area contributed by atoms with Crippen molar-refractivity contribution in [2.45, 2.75) is 38.2 Å². The third-order valence-corrected chi connectivity index (χ3v) is 6.38. The fraction of sp³-hybridized carbons (Fsp3) is 0.481. The zero-order chi connectivity index (χ0) is 24.3. The van der Waals surface area contributed by atoms with Crippen LogP contribution in [0.1, 0.15) is 24.0 Å². The predicted molar refractivity (Wildman–Crippen MR) is 132 cm³/mol. The molecule has 2 atom stereocenters. The molecule has 2 fully saturated rings. The molecule has 0 aromatic heterocycles. The van der Waals surface area contributed by atoms with Gasteiger partial charge in [-0.2, -0.15) is 0 Å². The highest BCUT2D eigenvalue weighted by atomic mass is 16.6. The maximum atomic E-state index is 12.9. The van der Waals surface area contributed by atoms with Gasteiger partial charge in [0.2, 0.25) is 0 Å². The minimum atomic E-state index is -0.722. The van der Waals surface area contributed by atoms with Crippen molar-refractivity contribution in [3.05, 3.63) is 71.8 Å². The monoisotopic (exact) mass is 481 g/mol. The van der Waals surface area contributed by atoms with Gasteiger partial charge in [0.25, 0.3) is 0 Å². The maximum Gasteiger partial charge on any atom is 0.410 e. The fourth-order valence-corrected chi connectivity index (χ4v) is 4.44. The molecule has 2 aliphatic rings. The summed E-state index contributed by atoms with van der Waals surface area (Å²) in [6, 6.07) is 18.3. The maximum absolute atomic E-state index is 12.9. The third kappa shape index (κ3) is 7.78. The minimum Gasteiger partial charge on any atom is -0.459 e. The Bertz CT molecular complexity index is 857. The van der Waals surface area contributed by atoms with Gasteiger partial charge in [-0.1, -0.05) is 60.7 Å². The second kappa shape index (κ2) is 13.2. The summed E-state index contributed by atoms with van der Waals surface area (Å²) in [7, 11) is 0. The van der Waals surface area contributed by atoms with Crippen molar-refractivity contribution in [2.75, 3.05) is 45.9 Å². The van der Waals surface area contributed by atoms with Crippen molar-refractivity contribution < 1.29 is 23.8 Å². The first kappa shape index (κ1) is 25.2. The van der Waals surface area contributed by atoms with E-state index in [4.69, 9.17) is 14.2 Å². The number of hydrogen-bond donors (Lipinski definition) is 1. The Morgan fingerprint density at radius 1 is 0.886 bits per heavy atom. The van der Waals surface area contributed by atoms with E-state index in [2.05, 4.69) is 10.2 Å². The largest absolute Gasteiger partial charge is 0.459 e. The highest BCUT2D eigenvalue weighted by Gasteiger charge is 2.42. The molecule has 0 unspecified atom stereocenters. The number of benzene rings is 2. The van der Waals surface area contributed by atoms with Gasteiger partial charge in [0.05, 0.1) is 12.6 Å². The van der Waals surface area contributed by atoms with E-state index in [-0.39, 0.29) is 19.3 Å². The lowest BCUT2D eigenvalue weighted by Gasteiger charge is -2.27. The molecule has 2 heterocycles. The molecule has 0 spiro atoms. The Balaban J connectivity index is 1.30. The summed E-state index contributed by atoms with van der Waals surface area (Å²) in [6.07, 6.45) is 0.568. The lowest BCUT2D eigenvalue weighted by atomic mass is 10.2. The van der Waals surface area contributed by atoms with Crippen molar-refractivity contribution in [2.24, 2.45) is 0 Å². The van der Waals surface area contributed by atoms with Gasteiger partial charge in [-0.3, -0.25) is 4.90 Å². The smallest absolute Gasteiger partial charge is 0.410 e. The van der Waals surface area contributed by atoms with Crippen LogP contribution in [0.3, 0.4) is 0 Å². The molecule has 1 amide bonds. The number of nitrogens with zero attached hydrogens (tertiary/aromatic N) is 2. The molecule has 2 aromatic carbocycles. The molecule has 2 aliphatic heterocycles. The number of rotatable bonds is 10. The second-order valence-electron chi connectivity index (χ2n) is 8.98. The zero-order valence-corrected chi connectivity index (χ0v) is 20.1. The molecule has 2 saturated heterocycles. The highest BCUT2D eigenvalue weighted by Crippen LogP contribution is 2.24. The summed E-state index contributed by atoms with van der Waals surface area (Å²) < 4.78 is 17.2. The summed E-state index contributed by atoms with van der Waals surface area (Å²) in [5.74, 6) is -0.433. The van der Waals surface area contributed by atoms with Crippen LogP contribution >= 0.6 is 0 Å². The Morgan fingerprint density at radius 3 is 2.17 bits per heavy atom. The molecule has 8 nitrogen and oxygen atoms in total. The predicted octanol–water partition coefficient (Wildman–Crippen LogP) is 2.82. The van der Waals surface area contributed by atoms with Gasteiger partial charge in [0, 0.05) is 45.8 Å². The number of carbonyl (C=O) groups is 2. The van der Waals surface area contributed by atoms with Gasteiger partial charge in [-0.05, 0) is 17.5 Å². The van der Waals surface area contributed by atoms with Crippen LogP contribution in [0.15, 0.2) is 60.7 Å². The summed E-state index contributed by atoms with van der Waals surface area (Å²) in [5, 5.41) is 3.36. The Hall–Kier alpha value is -2.94. The molecular formula is C27H35N3O5. The molecule has 0 radical (unpaired) electrons. The number of hydrogen-bond acceptors (Lipinski definition) is 7. The first-order chi connectivity index (χ1) is 17.2. The third-order valence-electron chi connectivity index (χ3n) is 6.38. The summed E-state index contributed by atoms with van der Waals surface area (Å²) in [5.41, 5.74) is 1.79. The first-order valence-electron chi connectivity index (χ1n) is 12.4. The van der Waals surface area contributed by atoms with E-state index in [1.54, 1.807) is 0 Å². The molecule has 188 valence electrons. The highest BCUT2D eigenvalue weighted by molar-refractivity contribution is 5.82. The standard InChI is InChI=1S/C27H35N3O5/c31-26(34-20-22-8-3-1-4-9-22)25-18-24(33-17-7-14-29-15-12-28-13-16-29)19-30(25)27(32)35-21-23-10-5-2-6-11-23/h1-6,8-11,24-25,28H,7,12-21H2/t24-,25-/m0/s1. The zero-order valence-electron chi connectivity index (χ0n) is 20.1. The van der Waals surface area contributed by atoms with E-state index in [9.17, 15) is 9.59 Å². The van der Waals surface area contributed by atoms with Crippen LogP contribution in [0.25, 0.3) is 0 Å². The van der Waals surface area contributed by atoms with E-state index >= 15 is 0 Å². The average Bonchev–Trinajstić information content (AvgIpc) is 3.35. The van der Waals surface area contributed by atoms with Gasteiger partial charge >= 0.3 is 12.1 Å². The molecule has 4 rings (SSSR count). The lowest BCUT2D eigenvalue weighted by Crippen LogP contribution is -2.44. The summed E-state index contributed by atoms with van der Waals surface area (Å²) in [6.45, 7) is 6.36. The molecule has 0 bridgehead atoms. The van der Waals surface area contributed by atoms with Crippen molar-refractivity contribution in [1.82, 2.24) is 15.1 Å².